The first kappa shape index (κ1) is 21.8. The fraction of sp³-hybridized carbons (Fsp3) is 0.259. The van der Waals surface area contributed by atoms with Gasteiger partial charge in [0.25, 0.3) is 5.89 Å². The summed E-state index contributed by atoms with van der Waals surface area (Å²) >= 11 is 0. The van der Waals surface area contributed by atoms with E-state index >= 15 is 0 Å². The molecule has 0 unspecified atom stereocenters. The summed E-state index contributed by atoms with van der Waals surface area (Å²) in [5.41, 5.74) is 5.28. The summed E-state index contributed by atoms with van der Waals surface area (Å²) < 4.78 is 16.4. The number of para-hydroxylation sites is 1. The second-order valence-corrected chi connectivity index (χ2v) is 8.15. The summed E-state index contributed by atoms with van der Waals surface area (Å²) in [6, 6.07) is 15.6. The van der Waals surface area contributed by atoms with Crippen LogP contribution >= 0.6 is 0 Å². The first-order chi connectivity index (χ1) is 16.7. The van der Waals surface area contributed by atoms with Gasteiger partial charge >= 0.3 is 5.97 Å². The maximum Gasteiger partial charge on any atom is 0.339 e. The molecule has 7 nitrogen and oxygen atoms in total. The predicted octanol–water partition coefficient (Wildman–Crippen LogP) is 5.42. The van der Waals surface area contributed by atoms with Crippen LogP contribution in [0.4, 0.5) is 0 Å². The van der Waals surface area contributed by atoms with Gasteiger partial charge in [-0.15, -0.1) is 10.2 Å². The zero-order chi connectivity index (χ0) is 23.5. The molecule has 172 valence electrons. The number of esters is 1. The normalized spacial score (nSPS) is 14.2. The molecule has 0 saturated heterocycles. The van der Waals surface area contributed by atoms with E-state index in [2.05, 4.69) is 16.3 Å². The lowest BCUT2D eigenvalue weighted by Gasteiger charge is -2.22. The minimum Gasteiger partial charge on any atom is -0.497 e. The third kappa shape index (κ3) is 4.29. The summed E-state index contributed by atoms with van der Waals surface area (Å²) in [5, 5.41) is 8.67. The lowest BCUT2D eigenvalue weighted by molar-refractivity contribution is 0.0437. The van der Waals surface area contributed by atoms with E-state index in [-0.39, 0.29) is 12.5 Å². The predicted molar refractivity (Wildman–Crippen MR) is 128 cm³/mol. The fourth-order valence-corrected chi connectivity index (χ4v) is 4.30. The minimum atomic E-state index is -0.406. The summed E-state index contributed by atoms with van der Waals surface area (Å²) in [7, 11) is 1.65. The zero-order valence-corrected chi connectivity index (χ0v) is 19.2. The minimum absolute atomic E-state index is 0.0637. The molecule has 0 bridgehead atoms. The number of benzene rings is 2. The van der Waals surface area contributed by atoms with Crippen LogP contribution in [0, 0.1) is 0 Å². The summed E-state index contributed by atoms with van der Waals surface area (Å²) in [5.74, 6) is 1.22. The topological polar surface area (TPSA) is 87.3 Å². The van der Waals surface area contributed by atoms with Gasteiger partial charge in [-0.1, -0.05) is 37.3 Å². The number of aryl methyl sites for hydroxylation is 1. The number of carbonyl (C=O) groups excluding carboxylic acids is 1. The quantitative estimate of drug-likeness (QED) is 0.359. The largest absolute Gasteiger partial charge is 0.497 e. The molecule has 0 amide bonds. The number of hydrogen-bond acceptors (Lipinski definition) is 7. The molecule has 0 atom stereocenters. The molecule has 34 heavy (non-hydrogen) atoms. The highest BCUT2D eigenvalue weighted by molar-refractivity contribution is 6.06. The maximum absolute atomic E-state index is 13.3. The van der Waals surface area contributed by atoms with Crippen molar-refractivity contribution in [3.63, 3.8) is 0 Å². The lowest BCUT2D eigenvalue weighted by Crippen LogP contribution is -2.15. The number of rotatable bonds is 6. The number of methoxy groups -OCH3 is 1. The number of aromatic nitrogens is 3. The molecule has 0 radical (unpaired) electrons. The Morgan fingerprint density at radius 2 is 1.85 bits per heavy atom. The van der Waals surface area contributed by atoms with Crippen LogP contribution in [0.15, 0.2) is 52.9 Å². The van der Waals surface area contributed by atoms with Crippen molar-refractivity contribution in [2.75, 3.05) is 7.11 Å². The van der Waals surface area contributed by atoms with Crippen molar-refractivity contribution in [1.29, 1.82) is 0 Å². The highest BCUT2D eigenvalue weighted by Gasteiger charge is 2.26. The molecule has 7 heteroatoms. The van der Waals surface area contributed by atoms with Crippen LogP contribution in [-0.2, 0) is 24.2 Å². The molecule has 0 fully saturated rings. The number of allylic oxidation sites excluding steroid dienone is 1. The summed E-state index contributed by atoms with van der Waals surface area (Å²) in [6.45, 7) is 1.86. The molecule has 4 aromatic rings. The van der Waals surface area contributed by atoms with Crippen molar-refractivity contribution in [3.05, 3.63) is 82.7 Å². The van der Waals surface area contributed by atoms with Crippen molar-refractivity contribution in [2.45, 2.75) is 39.2 Å². The lowest BCUT2D eigenvalue weighted by atomic mass is 9.86. The van der Waals surface area contributed by atoms with Gasteiger partial charge in [-0.25, -0.2) is 9.78 Å². The fourth-order valence-electron chi connectivity index (χ4n) is 4.30. The van der Waals surface area contributed by atoms with Gasteiger partial charge in [0.15, 0.2) is 6.61 Å². The standard InChI is InChI=1S/C27H25N3O4/c1-3-23-29-30-24(34-23)16-33-27(31)25-20-8-4-5-10-22(20)28-26-18(7-6-9-21(25)26)15-17-11-13-19(32-2)14-12-17/h4-5,8,10-15H,3,6-7,9,16H2,1-2H3/b18-15+. The zero-order valence-electron chi connectivity index (χ0n) is 19.2. The van der Waals surface area contributed by atoms with Gasteiger partial charge in [-0.3, -0.25) is 0 Å². The molecule has 2 heterocycles. The van der Waals surface area contributed by atoms with Gasteiger partial charge in [0.05, 0.1) is 23.9 Å². The highest BCUT2D eigenvalue weighted by Crippen LogP contribution is 2.36. The molecule has 5 rings (SSSR count). The molecule has 1 aliphatic rings. The third-order valence-corrected chi connectivity index (χ3v) is 5.97. The Morgan fingerprint density at radius 1 is 1.06 bits per heavy atom. The highest BCUT2D eigenvalue weighted by atomic mass is 16.5. The van der Waals surface area contributed by atoms with Gasteiger partial charge < -0.3 is 13.9 Å². The van der Waals surface area contributed by atoms with Gasteiger partial charge in [0, 0.05) is 11.8 Å². The van der Waals surface area contributed by atoms with Gasteiger partial charge in [0.1, 0.15) is 5.75 Å². The average Bonchev–Trinajstić information content (AvgIpc) is 3.35. The average molecular weight is 456 g/mol. The number of nitrogens with zero attached hydrogens (tertiary/aromatic N) is 3. The Morgan fingerprint density at radius 3 is 2.62 bits per heavy atom. The van der Waals surface area contributed by atoms with E-state index in [0.29, 0.717) is 17.9 Å². The number of carbonyl (C=O) groups is 1. The number of pyridine rings is 1. The van der Waals surface area contributed by atoms with Crippen LogP contribution in [0.25, 0.3) is 22.6 Å². The smallest absolute Gasteiger partial charge is 0.339 e. The summed E-state index contributed by atoms with van der Waals surface area (Å²) in [4.78, 5) is 18.3. The van der Waals surface area contributed by atoms with Gasteiger partial charge in [-0.05, 0) is 60.2 Å². The first-order valence-electron chi connectivity index (χ1n) is 11.4. The van der Waals surface area contributed by atoms with Crippen molar-refractivity contribution >= 4 is 28.5 Å². The first-order valence-corrected chi connectivity index (χ1v) is 11.4. The Bertz CT molecular complexity index is 1370. The third-order valence-electron chi connectivity index (χ3n) is 5.97. The number of ether oxygens (including phenoxy) is 2. The van der Waals surface area contributed by atoms with Crippen molar-refractivity contribution < 1.29 is 18.7 Å². The van der Waals surface area contributed by atoms with E-state index in [4.69, 9.17) is 18.9 Å². The van der Waals surface area contributed by atoms with E-state index in [1.165, 1.54) is 0 Å². The Labute approximate surface area is 197 Å². The molecule has 0 spiro atoms. The molecular formula is C27H25N3O4. The van der Waals surface area contributed by atoms with E-state index in [0.717, 1.165) is 58.3 Å². The van der Waals surface area contributed by atoms with Crippen LogP contribution < -0.4 is 4.74 Å². The van der Waals surface area contributed by atoms with Crippen molar-refractivity contribution in [2.24, 2.45) is 0 Å². The van der Waals surface area contributed by atoms with E-state index < -0.39 is 5.97 Å². The second-order valence-electron chi connectivity index (χ2n) is 8.15. The maximum atomic E-state index is 13.3. The molecule has 2 aromatic carbocycles. The van der Waals surface area contributed by atoms with E-state index in [1.807, 2.05) is 55.5 Å². The molecular weight excluding hydrogens is 430 g/mol. The van der Waals surface area contributed by atoms with E-state index in [1.54, 1.807) is 7.11 Å². The number of fused-ring (bicyclic) bond motifs is 2. The van der Waals surface area contributed by atoms with Crippen LogP contribution in [0.5, 0.6) is 5.75 Å². The van der Waals surface area contributed by atoms with Gasteiger partial charge in [-0.2, -0.15) is 0 Å². The molecule has 2 aromatic heterocycles. The molecule has 0 aliphatic heterocycles. The molecule has 0 N–H and O–H groups in total. The SMILES string of the molecule is CCc1nnc(COC(=O)c2c3c(nc4ccccc24)/C(=C/c2ccc(OC)cc2)CCC3)o1. The monoisotopic (exact) mass is 455 g/mol. The van der Waals surface area contributed by atoms with Crippen LogP contribution in [0.3, 0.4) is 0 Å². The van der Waals surface area contributed by atoms with Crippen molar-refractivity contribution in [3.8, 4) is 5.75 Å². The van der Waals surface area contributed by atoms with Crippen molar-refractivity contribution in [1.82, 2.24) is 15.2 Å². The Kier molecular flexibility index (Phi) is 6.08. The number of hydrogen-bond donors (Lipinski definition) is 0. The van der Waals surface area contributed by atoms with Gasteiger partial charge in [0.2, 0.25) is 5.89 Å². The van der Waals surface area contributed by atoms with E-state index in [9.17, 15) is 4.79 Å². The van der Waals surface area contributed by atoms with Crippen LogP contribution in [0.1, 0.15) is 58.7 Å². The van der Waals surface area contributed by atoms with Crippen LogP contribution in [-0.4, -0.2) is 28.3 Å². The Balaban J connectivity index is 1.54. The van der Waals surface area contributed by atoms with Crippen LogP contribution in [0.2, 0.25) is 0 Å². The Hall–Kier alpha value is -4.00. The summed E-state index contributed by atoms with van der Waals surface area (Å²) in [6.07, 6.45) is 5.35. The second kappa shape index (κ2) is 9.47. The molecule has 1 aliphatic carbocycles. The molecule has 0 saturated carbocycles.